The number of ether oxygens (including phenoxy) is 3. The number of carbonyl (C=O) groups excluding carboxylic acids is 1. The molecule has 0 aromatic heterocycles. The number of benzene rings is 3. The van der Waals surface area contributed by atoms with E-state index in [0.29, 0.717) is 11.1 Å². The molecule has 0 bridgehead atoms. The first-order chi connectivity index (χ1) is 20.1. The fraction of sp³-hybridized carbons (Fsp3) is 0.200. The minimum Gasteiger partial charge on any atom is -0.508 e. The summed E-state index contributed by atoms with van der Waals surface area (Å²) in [7, 11) is 0. The van der Waals surface area contributed by atoms with Gasteiger partial charge in [0, 0.05) is 23.8 Å². The van der Waals surface area contributed by atoms with Crippen molar-refractivity contribution in [2.24, 2.45) is 0 Å². The lowest BCUT2D eigenvalue weighted by Crippen LogP contribution is -2.60. The van der Waals surface area contributed by atoms with Gasteiger partial charge in [0.15, 0.2) is 16.9 Å². The molecule has 0 spiro atoms. The number of carbonyl (C=O) groups is 1. The Morgan fingerprint density at radius 2 is 1.52 bits per heavy atom. The van der Waals surface area contributed by atoms with Crippen LogP contribution in [0.15, 0.2) is 82.0 Å². The fourth-order valence-corrected chi connectivity index (χ4v) is 4.31. The highest BCUT2D eigenvalue weighted by molar-refractivity contribution is 5.87. The van der Waals surface area contributed by atoms with Gasteiger partial charge in [-0.25, -0.2) is 4.79 Å². The molecule has 42 heavy (non-hydrogen) atoms. The van der Waals surface area contributed by atoms with Crippen molar-refractivity contribution in [3.05, 3.63) is 88.6 Å². The Morgan fingerprint density at radius 1 is 0.857 bits per heavy atom. The summed E-state index contributed by atoms with van der Waals surface area (Å²) in [4.78, 5) is 24.2. The fourth-order valence-electron chi connectivity index (χ4n) is 4.31. The lowest BCUT2D eigenvalue weighted by molar-refractivity contribution is -0.278. The number of aliphatic hydroxyl groups excluding tert-OH is 3. The van der Waals surface area contributed by atoms with Crippen LogP contribution in [-0.4, -0.2) is 73.9 Å². The van der Waals surface area contributed by atoms with Crippen molar-refractivity contribution >= 4 is 12.0 Å². The number of phenolic OH excluding ortho intramolecular Hbond substituents is 3. The van der Waals surface area contributed by atoms with Gasteiger partial charge in [0.2, 0.25) is 6.29 Å². The lowest BCUT2D eigenvalue weighted by atomic mass is 9.99. The predicted molar refractivity (Wildman–Crippen MR) is 146 cm³/mol. The van der Waals surface area contributed by atoms with Crippen LogP contribution in [0, 0.1) is 0 Å². The Labute approximate surface area is 237 Å². The highest BCUT2D eigenvalue weighted by atomic mass is 16.7. The van der Waals surface area contributed by atoms with Crippen molar-refractivity contribution in [3.63, 3.8) is 0 Å². The molecule has 2 aromatic carbocycles. The smallest absolute Gasteiger partial charge is 0.330 e. The van der Waals surface area contributed by atoms with Gasteiger partial charge in [0.05, 0.1) is 5.56 Å². The lowest BCUT2D eigenvalue weighted by Gasteiger charge is -2.40. The third-order valence-electron chi connectivity index (χ3n) is 6.54. The van der Waals surface area contributed by atoms with E-state index in [0.717, 1.165) is 18.2 Å². The first-order valence-electron chi connectivity index (χ1n) is 12.7. The molecule has 2 aromatic rings. The van der Waals surface area contributed by atoms with E-state index < -0.39 is 54.5 Å². The van der Waals surface area contributed by atoms with Crippen LogP contribution in [0.25, 0.3) is 28.7 Å². The summed E-state index contributed by atoms with van der Waals surface area (Å²) in [5.41, 5.74) is 0.599. The molecule has 5 rings (SSSR count). The van der Waals surface area contributed by atoms with Crippen LogP contribution >= 0.6 is 0 Å². The summed E-state index contributed by atoms with van der Waals surface area (Å²) >= 11 is 0. The SMILES string of the molecule is O=C(C=Cc1ccc(O)cc1)OC[C@H]1O[C@@H](Oc2cc3c(O)cc(=O)cc-3oc2-c2ccc(O)cc2)[C@H](O)[C@@H](O)[C@@H]1O. The summed E-state index contributed by atoms with van der Waals surface area (Å²) in [5, 5.41) is 61.0. The third-order valence-corrected chi connectivity index (χ3v) is 6.54. The van der Waals surface area contributed by atoms with Crippen LogP contribution in [-0.2, 0) is 14.3 Å². The molecule has 6 N–H and O–H groups in total. The minimum absolute atomic E-state index is 0.0278. The zero-order valence-electron chi connectivity index (χ0n) is 21.7. The second-order valence-corrected chi connectivity index (χ2v) is 9.53. The third kappa shape index (κ3) is 6.21. The molecule has 0 amide bonds. The summed E-state index contributed by atoms with van der Waals surface area (Å²) in [6.45, 7) is -0.510. The highest BCUT2D eigenvalue weighted by Crippen LogP contribution is 2.41. The largest absolute Gasteiger partial charge is 0.508 e. The number of fused-ring (bicyclic) bond motifs is 1. The van der Waals surface area contributed by atoms with E-state index in [-0.39, 0.29) is 34.3 Å². The maximum Gasteiger partial charge on any atom is 0.330 e. The van der Waals surface area contributed by atoms with Crippen molar-refractivity contribution in [3.8, 4) is 45.6 Å². The molecule has 0 radical (unpaired) electrons. The Hall–Kier alpha value is -4.88. The maximum absolute atomic E-state index is 12.2. The first kappa shape index (κ1) is 28.6. The van der Waals surface area contributed by atoms with Gasteiger partial charge in [-0.2, -0.15) is 0 Å². The quantitative estimate of drug-likeness (QED) is 0.138. The summed E-state index contributed by atoms with van der Waals surface area (Å²) in [5.74, 6) is -1.16. The summed E-state index contributed by atoms with van der Waals surface area (Å²) < 4.78 is 22.6. The highest BCUT2D eigenvalue weighted by Gasteiger charge is 2.46. The van der Waals surface area contributed by atoms with Crippen LogP contribution in [0.2, 0.25) is 0 Å². The van der Waals surface area contributed by atoms with E-state index in [4.69, 9.17) is 18.6 Å². The van der Waals surface area contributed by atoms with Gasteiger partial charge >= 0.3 is 5.97 Å². The van der Waals surface area contributed by atoms with Crippen LogP contribution in [0.5, 0.6) is 23.0 Å². The zero-order valence-corrected chi connectivity index (χ0v) is 21.7. The molecule has 12 nitrogen and oxygen atoms in total. The molecule has 3 aliphatic rings. The zero-order chi connectivity index (χ0) is 30.0. The maximum atomic E-state index is 12.2. The van der Waals surface area contributed by atoms with E-state index in [1.165, 1.54) is 48.5 Å². The number of aliphatic hydroxyl groups is 3. The van der Waals surface area contributed by atoms with Crippen LogP contribution < -0.4 is 10.2 Å². The molecular formula is C30H26O12. The van der Waals surface area contributed by atoms with Gasteiger partial charge in [-0.3, -0.25) is 4.79 Å². The van der Waals surface area contributed by atoms with E-state index in [1.54, 1.807) is 12.1 Å². The number of rotatable bonds is 7. The van der Waals surface area contributed by atoms with Gasteiger partial charge in [0.1, 0.15) is 54.0 Å². The Balaban J connectivity index is 1.38. The number of aromatic hydroxyl groups is 3. The summed E-state index contributed by atoms with van der Waals surface area (Å²) in [6.07, 6.45) is -5.51. The molecule has 0 saturated carbocycles. The van der Waals surface area contributed by atoms with E-state index in [9.17, 15) is 40.2 Å². The van der Waals surface area contributed by atoms with Gasteiger partial charge in [-0.05, 0) is 54.1 Å². The molecule has 0 unspecified atom stereocenters. The number of esters is 1. The number of phenols is 3. The van der Waals surface area contributed by atoms with Crippen molar-refractivity contribution in [2.45, 2.75) is 30.7 Å². The van der Waals surface area contributed by atoms with Crippen molar-refractivity contribution in [2.75, 3.05) is 6.61 Å². The van der Waals surface area contributed by atoms with Crippen molar-refractivity contribution < 1.29 is 54.1 Å². The Kier molecular flexibility index (Phi) is 8.13. The molecule has 2 heterocycles. The van der Waals surface area contributed by atoms with Crippen LogP contribution in [0.4, 0.5) is 0 Å². The average Bonchev–Trinajstić information content (AvgIpc) is 2.97. The van der Waals surface area contributed by atoms with Gasteiger partial charge in [-0.1, -0.05) is 12.1 Å². The minimum atomic E-state index is -1.76. The topological polar surface area (TPSA) is 196 Å². The normalized spacial score (nSPS) is 22.3. The Morgan fingerprint density at radius 3 is 2.21 bits per heavy atom. The predicted octanol–water partition coefficient (Wildman–Crippen LogP) is 1.97. The second kappa shape index (κ2) is 11.9. The molecule has 2 aliphatic heterocycles. The first-order valence-corrected chi connectivity index (χ1v) is 12.7. The van der Waals surface area contributed by atoms with Gasteiger partial charge < -0.3 is 49.3 Å². The van der Waals surface area contributed by atoms with Gasteiger partial charge in [0.25, 0.3) is 0 Å². The number of hydrogen-bond acceptors (Lipinski definition) is 12. The van der Waals surface area contributed by atoms with Crippen LogP contribution in [0.3, 0.4) is 0 Å². The molecule has 218 valence electrons. The monoisotopic (exact) mass is 578 g/mol. The number of hydrogen-bond donors (Lipinski definition) is 6. The molecule has 1 fully saturated rings. The van der Waals surface area contributed by atoms with E-state index in [1.807, 2.05) is 0 Å². The Bertz CT molecular complexity index is 1610. The molecular weight excluding hydrogens is 552 g/mol. The van der Waals surface area contributed by atoms with E-state index in [2.05, 4.69) is 0 Å². The standard InChI is InChI=1S/C30H26O12/c31-17-6-1-15(2-7-17)3-10-25(35)39-14-24-26(36)27(37)28(38)30(42-24)41-23-13-20-21(34)11-19(33)12-22(20)40-29(23)16-4-8-18(32)9-5-16/h1-13,24,26-28,30-32,34,36-38H,14H2/t24-,26-,27+,28-,30-/m1/s1. The molecule has 1 saturated heterocycles. The molecule has 12 heteroatoms. The van der Waals surface area contributed by atoms with Gasteiger partial charge in [-0.15, -0.1) is 0 Å². The van der Waals surface area contributed by atoms with Crippen LogP contribution in [0.1, 0.15) is 5.56 Å². The molecule has 5 atom stereocenters. The molecule has 1 aliphatic carbocycles. The van der Waals surface area contributed by atoms with E-state index >= 15 is 0 Å². The van der Waals surface area contributed by atoms with Crippen molar-refractivity contribution in [1.29, 1.82) is 0 Å². The summed E-state index contributed by atoms with van der Waals surface area (Å²) in [6, 6.07) is 15.3. The average molecular weight is 579 g/mol. The second-order valence-electron chi connectivity index (χ2n) is 9.53. The van der Waals surface area contributed by atoms with Crippen molar-refractivity contribution in [1.82, 2.24) is 0 Å².